The van der Waals surface area contributed by atoms with Gasteiger partial charge in [-0.3, -0.25) is 0 Å². The van der Waals surface area contributed by atoms with Crippen LogP contribution >= 0.6 is 11.8 Å². The van der Waals surface area contributed by atoms with Crippen molar-refractivity contribution < 1.29 is 0 Å². The molecule has 3 N–H and O–H groups in total. The smallest absolute Gasteiger partial charge is 0.159 e. The molecule has 1 heterocycles. The third kappa shape index (κ3) is 3.52. The SMILES string of the molecule is C#CCNCC1=CC2SC(N)=NC2=CC=C1CCC. The maximum atomic E-state index is 5.79. The molecule has 19 heavy (non-hydrogen) atoms. The highest BCUT2D eigenvalue weighted by atomic mass is 32.2. The van der Waals surface area contributed by atoms with Crippen LogP contribution in [0, 0.1) is 12.3 Å². The molecule has 1 unspecified atom stereocenters. The van der Waals surface area contributed by atoms with Crippen molar-refractivity contribution >= 4 is 16.9 Å². The molecular formula is C15H19N3S. The summed E-state index contributed by atoms with van der Waals surface area (Å²) in [5, 5.41) is 4.16. The molecule has 0 bridgehead atoms. The minimum absolute atomic E-state index is 0.244. The third-order valence-corrected chi connectivity index (χ3v) is 4.02. The number of aliphatic imine (C=N–C) groups is 1. The third-order valence-electron chi connectivity index (χ3n) is 3.06. The second kappa shape index (κ2) is 6.65. The van der Waals surface area contributed by atoms with Crippen molar-refractivity contribution in [3.8, 4) is 12.3 Å². The van der Waals surface area contributed by atoms with Crippen molar-refractivity contribution in [1.82, 2.24) is 5.32 Å². The molecule has 1 aliphatic carbocycles. The number of fused-ring (bicyclic) bond motifs is 1. The van der Waals surface area contributed by atoms with Crippen molar-refractivity contribution in [3.63, 3.8) is 0 Å². The van der Waals surface area contributed by atoms with E-state index < -0.39 is 0 Å². The van der Waals surface area contributed by atoms with E-state index in [-0.39, 0.29) is 5.25 Å². The van der Waals surface area contributed by atoms with Crippen LogP contribution in [0.15, 0.2) is 40.1 Å². The summed E-state index contributed by atoms with van der Waals surface area (Å²) in [5.41, 5.74) is 9.51. The summed E-state index contributed by atoms with van der Waals surface area (Å²) in [6, 6.07) is 0. The molecule has 0 aromatic carbocycles. The molecule has 0 amide bonds. The van der Waals surface area contributed by atoms with Crippen molar-refractivity contribution in [3.05, 3.63) is 35.1 Å². The summed E-state index contributed by atoms with van der Waals surface area (Å²) in [6.07, 6.45) is 14.0. The Hall–Kier alpha value is -1.44. The van der Waals surface area contributed by atoms with E-state index in [1.54, 1.807) is 11.8 Å². The van der Waals surface area contributed by atoms with Gasteiger partial charge in [-0.1, -0.05) is 43.2 Å². The zero-order valence-corrected chi connectivity index (χ0v) is 12.0. The number of hydrogen-bond acceptors (Lipinski definition) is 4. The lowest BCUT2D eigenvalue weighted by atomic mass is 10.0. The lowest BCUT2D eigenvalue weighted by Gasteiger charge is -2.12. The molecule has 100 valence electrons. The van der Waals surface area contributed by atoms with Crippen LogP contribution < -0.4 is 11.1 Å². The van der Waals surface area contributed by atoms with Gasteiger partial charge in [-0.25, -0.2) is 4.99 Å². The summed E-state index contributed by atoms with van der Waals surface area (Å²) < 4.78 is 0. The van der Waals surface area contributed by atoms with Gasteiger partial charge in [-0.2, -0.15) is 0 Å². The van der Waals surface area contributed by atoms with Gasteiger partial charge in [0, 0.05) is 6.54 Å². The van der Waals surface area contributed by atoms with Crippen LogP contribution in [0.3, 0.4) is 0 Å². The van der Waals surface area contributed by atoms with Gasteiger partial charge >= 0.3 is 0 Å². The minimum atomic E-state index is 0.244. The van der Waals surface area contributed by atoms with E-state index in [1.807, 2.05) is 0 Å². The fourth-order valence-electron chi connectivity index (χ4n) is 2.20. The number of hydrogen-bond donors (Lipinski definition) is 2. The van der Waals surface area contributed by atoms with E-state index in [9.17, 15) is 0 Å². The van der Waals surface area contributed by atoms with Gasteiger partial charge in [0.2, 0.25) is 0 Å². The van der Waals surface area contributed by atoms with Crippen LogP contribution in [0.25, 0.3) is 0 Å². The summed E-state index contributed by atoms with van der Waals surface area (Å²) >= 11 is 1.61. The Bertz CT molecular complexity index is 506. The van der Waals surface area contributed by atoms with Gasteiger partial charge in [0.1, 0.15) is 0 Å². The Balaban J connectivity index is 2.19. The maximum absolute atomic E-state index is 5.79. The Morgan fingerprint density at radius 1 is 1.47 bits per heavy atom. The van der Waals surface area contributed by atoms with Gasteiger partial charge in [0.25, 0.3) is 0 Å². The monoisotopic (exact) mass is 273 g/mol. The van der Waals surface area contributed by atoms with E-state index in [4.69, 9.17) is 12.2 Å². The molecule has 1 aliphatic heterocycles. The highest BCUT2D eigenvalue weighted by Gasteiger charge is 2.23. The van der Waals surface area contributed by atoms with E-state index in [2.05, 4.69) is 41.4 Å². The quantitative estimate of drug-likeness (QED) is 0.596. The zero-order valence-electron chi connectivity index (χ0n) is 11.1. The Morgan fingerprint density at radius 3 is 3.05 bits per heavy atom. The molecule has 2 aliphatic rings. The fourth-order valence-corrected chi connectivity index (χ4v) is 3.10. The first-order valence-electron chi connectivity index (χ1n) is 6.51. The number of allylic oxidation sites excluding steroid dienone is 2. The van der Waals surface area contributed by atoms with Crippen LogP contribution in [0.5, 0.6) is 0 Å². The molecule has 0 spiro atoms. The molecular weight excluding hydrogens is 254 g/mol. The number of terminal acetylenes is 1. The summed E-state index contributed by atoms with van der Waals surface area (Å²) in [6.45, 7) is 3.58. The number of nitrogens with zero attached hydrogens (tertiary/aromatic N) is 1. The second-order valence-corrected chi connectivity index (χ2v) is 5.68. The summed E-state index contributed by atoms with van der Waals surface area (Å²) in [7, 11) is 0. The Morgan fingerprint density at radius 2 is 2.32 bits per heavy atom. The number of nitrogens with one attached hydrogen (secondary N) is 1. The van der Waals surface area contributed by atoms with E-state index >= 15 is 0 Å². The van der Waals surface area contributed by atoms with Crippen LogP contribution in [-0.4, -0.2) is 23.5 Å². The first kappa shape index (κ1) is 14.0. The predicted octanol–water partition coefficient (Wildman–Crippen LogP) is 2.19. The van der Waals surface area contributed by atoms with Crippen molar-refractivity contribution in [1.29, 1.82) is 0 Å². The molecule has 2 rings (SSSR count). The number of thioether (sulfide) groups is 1. The zero-order chi connectivity index (χ0) is 13.7. The first-order chi connectivity index (χ1) is 9.24. The van der Waals surface area contributed by atoms with Crippen molar-refractivity contribution in [2.45, 2.75) is 25.0 Å². The highest BCUT2D eigenvalue weighted by Crippen LogP contribution is 2.33. The molecule has 0 aromatic heterocycles. The minimum Gasteiger partial charge on any atom is -0.378 e. The number of rotatable bonds is 5. The Kier molecular flexibility index (Phi) is 4.89. The van der Waals surface area contributed by atoms with Gasteiger partial charge in [0.15, 0.2) is 5.17 Å². The van der Waals surface area contributed by atoms with Crippen LogP contribution in [0.2, 0.25) is 0 Å². The topological polar surface area (TPSA) is 50.4 Å². The van der Waals surface area contributed by atoms with Gasteiger partial charge in [-0.15, -0.1) is 6.42 Å². The molecule has 0 saturated heterocycles. The maximum Gasteiger partial charge on any atom is 0.159 e. The number of nitrogens with two attached hydrogens (primary N) is 1. The van der Waals surface area contributed by atoms with E-state index in [0.717, 1.165) is 25.1 Å². The molecule has 3 nitrogen and oxygen atoms in total. The normalized spacial score (nSPS) is 21.6. The van der Waals surface area contributed by atoms with Gasteiger partial charge in [-0.05, 0) is 23.6 Å². The molecule has 0 aromatic rings. The van der Waals surface area contributed by atoms with Gasteiger partial charge in [0.05, 0.1) is 17.5 Å². The van der Waals surface area contributed by atoms with Crippen molar-refractivity contribution in [2.24, 2.45) is 10.7 Å². The summed E-state index contributed by atoms with van der Waals surface area (Å²) in [4.78, 5) is 4.37. The molecule has 4 heteroatoms. The van der Waals surface area contributed by atoms with E-state index in [1.165, 1.54) is 11.1 Å². The Labute approximate surface area is 119 Å². The van der Waals surface area contributed by atoms with Gasteiger partial charge < -0.3 is 11.1 Å². The standard InChI is InChI=1S/C15H19N3S/c1-3-5-11-6-7-13-14(19-15(16)18-13)9-12(11)10-17-8-4-2/h2,6-7,9,14,17H,3,5,8,10H2,1H3,(H2,16,18). The molecule has 0 fully saturated rings. The van der Waals surface area contributed by atoms with Crippen LogP contribution in [-0.2, 0) is 0 Å². The second-order valence-electron chi connectivity index (χ2n) is 4.52. The molecule has 0 radical (unpaired) electrons. The number of amidine groups is 1. The lowest BCUT2D eigenvalue weighted by molar-refractivity contribution is 0.807. The van der Waals surface area contributed by atoms with E-state index in [0.29, 0.717) is 11.7 Å². The largest absolute Gasteiger partial charge is 0.378 e. The predicted molar refractivity (Wildman–Crippen MR) is 83.9 cm³/mol. The van der Waals surface area contributed by atoms with Crippen LogP contribution in [0.1, 0.15) is 19.8 Å². The first-order valence-corrected chi connectivity index (χ1v) is 7.39. The lowest BCUT2D eigenvalue weighted by Crippen LogP contribution is -2.19. The average Bonchev–Trinajstić information content (AvgIpc) is 2.66. The molecule has 0 saturated carbocycles. The highest BCUT2D eigenvalue weighted by molar-refractivity contribution is 8.14. The summed E-state index contributed by atoms with van der Waals surface area (Å²) in [5.74, 6) is 2.60. The van der Waals surface area contributed by atoms with Crippen molar-refractivity contribution in [2.75, 3.05) is 13.1 Å². The molecule has 1 atom stereocenters. The average molecular weight is 273 g/mol. The fraction of sp³-hybridized carbons (Fsp3) is 0.400. The van der Waals surface area contributed by atoms with Crippen LogP contribution in [0.4, 0.5) is 0 Å².